The molecule has 15 heavy (non-hydrogen) atoms. The van der Waals surface area contributed by atoms with E-state index in [1.807, 2.05) is 31.2 Å². The van der Waals surface area contributed by atoms with Crippen molar-refractivity contribution < 1.29 is 9.53 Å². The number of carbonyl (C=O) groups excluding carboxylic acids is 1. The Bertz CT molecular complexity index is 366. The lowest BCUT2D eigenvalue weighted by atomic mass is 10.2. The summed E-state index contributed by atoms with van der Waals surface area (Å²) < 4.78 is 5.04. The molecular weight excluding hydrogens is 190 g/mol. The van der Waals surface area contributed by atoms with E-state index < -0.39 is 0 Å². The number of rotatable bonds is 4. The standard InChI is InChI=1S/C12H15NO2/c1-9(8-10(2)14)13-11-4-6-12(15-3)7-5-11/h4-8,13H,1-3H3/b9-8+. The highest BCUT2D eigenvalue weighted by Gasteiger charge is 1.95. The summed E-state index contributed by atoms with van der Waals surface area (Å²) in [5, 5.41) is 3.11. The fourth-order valence-corrected chi connectivity index (χ4v) is 1.24. The molecule has 0 aliphatic rings. The summed E-state index contributed by atoms with van der Waals surface area (Å²) in [4.78, 5) is 10.8. The molecule has 0 aliphatic heterocycles. The van der Waals surface area contributed by atoms with E-state index in [0.29, 0.717) is 0 Å². The summed E-state index contributed by atoms with van der Waals surface area (Å²) in [7, 11) is 1.63. The van der Waals surface area contributed by atoms with Crippen LogP contribution in [0.15, 0.2) is 36.0 Å². The Morgan fingerprint density at radius 3 is 2.33 bits per heavy atom. The van der Waals surface area contributed by atoms with Crippen molar-refractivity contribution in [2.45, 2.75) is 13.8 Å². The van der Waals surface area contributed by atoms with E-state index in [2.05, 4.69) is 5.32 Å². The van der Waals surface area contributed by atoms with Crippen molar-refractivity contribution in [2.24, 2.45) is 0 Å². The fraction of sp³-hybridized carbons (Fsp3) is 0.250. The van der Waals surface area contributed by atoms with E-state index in [4.69, 9.17) is 4.74 Å². The molecule has 0 heterocycles. The number of methoxy groups -OCH3 is 1. The van der Waals surface area contributed by atoms with Gasteiger partial charge in [0.15, 0.2) is 5.78 Å². The average Bonchev–Trinajstić information content (AvgIpc) is 2.17. The number of ketones is 1. The quantitative estimate of drug-likeness (QED) is 0.768. The zero-order valence-corrected chi connectivity index (χ0v) is 9.20. The molecule has 0 spiro atoms. The Morgan fingerprint density at radius 1 is 1.27 bits per heavy atom. The minimum atomic E-state index is 0.0357. The molecule has 80 valence electrons. The Kier molecular flexibility index (Phi) is 3.92. The van der Waals surface area contributed by atoms with Crippen molar-refractivity contribution in [1.29, 1.82) is 0 Å². The first-order valence-corrected chi connectivity index (χ1v) is 4.72. The molecule has 3 nitrogen and oxygen atoms in total. The number of hydrogen-bond donors (Lipinski definition) is 1. The third-order valence-electron chi connectivity index (χ3n) is 1.85. The molecule has 1 N–H and O–H groups in total. The lowest BCUT2D eigenvalue weighted by Gasteiger charge is -2.06. The SMILES string of the molecule is COc1ccc(N/C(C)=C/C(C)=O)cc1. The van der Waals surface area contributed by atoms with E-state index in [-0.39, 0.29) is 5.78 Å². The van der Waals surface area contributed by atoms with E-state index in [1.165, 1.54) is 6.92 Å². The molecule has 0 saturated heterocycles. The molecule has 3 heteroatoms. The monoisotopic (exact) mass is 205 g/mol. The minimum absolute atomic E-state index is 0.0357. The number of nitrogens with one attached hydrogen (secondary N) is 1. The molecule has 1 aromatic rings. The first-order valence-electron chi connectivity index (χ1n) is 4.72. The third-order valence-corrected chi connectivity index (χ3v) is 1.85. The lowest BCUT2D eigenvalue weighted by Crippen LogP contribution is -1.98. The second-order valence-corrected chi connectivity index (χ2v) is 3.29. The van der Waals surface area contributed by atoms with Crippen molar-refractivity contribution in [3.63, 3.8) is 0 Å². The summed E-state index contributed by atoms with van der Waals surface area (Å²) in [6, 6.07) is 7.53. The second kappa shape index (κ2) is 5.20. The number of carbonyl (C=O) groups is 1. The molecule has 1 aromatic carbocycles. The molecule has 0 unspecified atom stereocenters. The van der Waals surface area contributed by atoms with Gasteiger partial charge in [-0.15, -0.1) is 0 Å². The molecule has 0 amide bonds. The van der Waals surface area contributed by atoms with Crippen LogP contribution in [0.1, 0.15) is 13.8 Å². The van der Waals surface area contributed by atoms with Crippen molar-refractivity contribution in [2.75, 3.05) is 12.4 Å². The largest absolute Gasteiger partial charge is 0.497 e. The highest BCUT2D eigenvalue weighted by Crippen LogP contribution is 2.16. The van der Waals surface area contributed by atoms with Crippen LogP contribution in [0.5, 0.6) is 5.75 Å². The van der Waals surface area contributed by atoms with Crippen LogP contribution in [0, 0.1) is 0 Å². The second-order valence-electron chi connectivity index (χ2n) is 3.29. The summed E-state index contributed by atoms with van der Waals surface area (Å²) in [6.07, 6.45) is 1.56. The van der Waals surface area contributed by atoms with Gasteiger partial charge in [-0.25, -0.2) is 0 Å². The number of benzene rings is 1. The Balaban J connectivity index is 2.69. The maximum absolute atomic E-state index is 10.8. The van der Waals surface area contributed by atoms with Gasteiger partial charge in [0.05, 0.1) is 7.11 Å². The number of hydrogen-bond acceptors (Lipinski definition) is 3. The molecule has 0 fully saturated rings. The van der Waals surface area contributed by atoms with Crippen LogP contribution in [0.25, 0.3) is 0 Å². The van der Waals surface area contributed by atoms with Gasteiger partial charge in [-0.05, 0) is 44.2 Å². The Morgan fingerprint density at radius 2 is 1.87 bits per heavy atom. The highest BCUT2D eigenvalue weighted by molar-refractivity contribution is 5.88. The zero-order valence-electron chi connectivity index (χ0n) is 9.20. The van der Waals surface area contributed by atoms with Crippen LogP contribution >= 0.6 is 0 Å². The van der Waals surface area contributed by atoms with Gasteiger partial charge in [-0.3, -0.25) is 4.79 Å². The van der Waals surface area contributed by atoms with Gasteiger partial charge in [0, 0.05) is 11.4 Å². The smallest absolute Gasteiger partial charge is 0.154 e. The maximum atomic E-state index is 10.8. The van der Waals surface area contributed by atoms with Crippen molar-refractivity contribution in [1.82, 2.24) is 0 Å². The first kappa shape index (κ1) is 11.3. The molecular formula is C12H15NO2. The van der Waals surface area contributed by atoms with Gasteiger partial charge in [0.2, 0.25) is 0 Å². The normalized spacial score (nSPS) is 11.0. The predicted octanol–water partition coefficient (Wildman–Crippen LogP) is 2.60. The molecule has 1 rings (SSSR count). The molecule has 0 atom stereocenters. The lowest BCUT2D eigenvalue weighted by molar-refractivity contribution is -0.112. The number of ether oxygens (including phenoxy) is 1. The van der Waals surface area contributed by atoms with Crippen molar-refractivity contribution >= 4 is 11.5 Å². The molecule has 0 aromatic heterocycles. The maximum Gasteiger partial charge on any atom is 0.154 e. The summed E-state index contributed by atoms with van der Waals surface area (Å²) in [6.45, 7) is 3.38. The van der Waals surface area contributed by atoms with E-state index in [0.717, 1.165) is 17.1 Å². The third kappa shape index (κ3) is 3.85. The van der Waals surface area contributed by atoms with Crippen LogP contribution in [0.3, 0.4) is 0 Å². The van der Waals surface area contributed by atoms with Crippen molar-refractivity contribution in [3.05, 3.63) is 36.0 Å². The van der Waals surface area contributed by atoms with Crippen LogP contribution in [0.2, 0.25) is 0 Å². The Hall–Kier alpha value is -1.77. The fourth-order valence-electron chi connectivity index (χ4n) is 1.24. The average molecular weight is 205 g/mol. The molecule has 0 bridgehead atoms. The van der Waals surface area contributed by atoms with Crippen LogP contribution in [-0.4, -0.2) is 12.9 Å². The zero-order chi connectivity index (χ0) is 11.3. The topological polar surface area (TPSA) is 38.3 Å². The molecule has 0 radical (unpaired) electrons. The van der Waals surface area contributed by atoms with E-state index in [1.54, 1.807) is 13.2 Å². The van der Waals surface area contributed by atoms with Gasteiger partial charge in [0.25, 0.3) is 0 Å². The van der Waals surface area contributed by atoms with Crippen LogP contribution < -0.4 is 10.1 Å². The summed E-state index contributed by atoms with van der Waals surface area (Å²) in [5.74, 6) is 0.849. The van der Waals surface area contributed by atoms with Gasteiger partial charge >= 0.3 is 0 Å². The first-order chi connectivity index (χ1) is 7.11. The van der Waals surface area contributed by atoms with E-state index >= 15 is 0 Å². The minimum Gasteiger partial charge on any atom is -0.497 e. The molecule has 0 aliphatic carbocycles. The van der Waals surface area contributed by atoms with E-state index in [9.17, 15) is 4.79 Å². The predicted molar refractivity (Wildman–Crippen MR) is 61.1 cm³/mol. The van der Waals surface area contributed by atoms with Crippen LogP contribution in [0.4, 0.5) is 5.69 Å². The number of allylic oxidation sites excluding steroid dienone is 2. The van der Waals surface area contributed by atoms with Crippen molar-refractivity contribution in [3.8, 4) is 5.75 Å². The van der Waals surface area contributed by atoms with Gasteiger partial charge < -0.3 is 10.1 Å². The van der Waals surface area contributed by atoms with Gasteiger partial charge in [0.1, 0.15) is 5.75 Å². The number of anilines is 1. The Labute approximate surface area is 89.8 Å². The highest BCUT2D eigenvalue weighted by atomic mass is 16.5. The van der Waals surface area contributed by atoms with Crippen LogP contribution in [-0.2, 0) is 4.79 Å². The van der Waals surface area contributed by atoms with Gasteiger partial charge in [-0.2, -0.15) is 0 Å². The van der Waals surface area contributed by atoms with Gasteiger partial charge in [-0.1, -0.05) is 0 Å². The summed E-state index contributed by atoms with van der Waals surface area (Å²) in [5.41, 5.74) is 1.76. The molecule has 0 saturated carbocycles. The summed E-state index contributed by atoms with van der Waals surface area (Å²) >= 11 is 0.